The van der Waals surface area contributed by atoms with E-state index in [0.29, 0.717) is 12.8 Å². The highest BCUT2D eigenvalue weighted by Gasteiger charge is 2.39. The minimum Gasteiger partial charge on any atom is -0.481 e. The normalized spacial score (nSPS) is 17.6. The van der Waals surface area contributed by atoms with Gasteiger partial charge in [-0.25, -0.2) is 13.1 Å². The highest BCUT2D eigenvalue weighted by Crippen LogP contribution is 2.36. The Morgan fingerprint density at radius 1 is 1.30 bits per heavy atom. The smallest absolute Gasteiger partial charge is 0.311 e. The zero-order valence-electron chi connectivity index (χ0n) is 12.8. The van der Waals surface area contributed by atoms with Crippen LogP contribution in [0.5, 0.6) is 0 Å². The molecule has 3 N–H and O–H groups in total. The van der Waals surface area contributed by atoms with Crippen molar-refractivity contribution in [2.75, 3.05) is 13.6 Å². The zero-order chi connectivity index (χ0) is 17.1. The van der Waals surface area contributed by atoms with E-state index in [1.165, 1.54) is 18.5 Å². The first-order valence-electron chi connectivity index (χ1n) is 7.34. The van der Waals surface area contributed by atoms with Gasteiger partial charge in [-0.3, -0.25) is 9.59 Å². The third kappa shape index (κ3) is 3.91. The Morgan fingerprint density at radius 2 is 1.96 bits per heavy atom. The Bertz CT molecular complexity index is 690. The summed E-state index contributed by atoms with van der Waals surface area (Å²) in [6.07, 6.45) is 3.79. The maximum atomic E-state index is 12.2. The van der Waals surface area contributed by atoms with Gasteiger partial charge >= 0.3 is 5.97 Å². The van der Waals surface area contributed by atoms with Gasteiger partial charge in [-0.1, -0.05) is 19.3 Å². The summed E-state index contributed by atoms with van der Waals surface area (Å²) in [5.74, 6) is -1.33. The van der Waals surface area contributed by atoms with E-state index >= 15 is 0 Å². The van der Waals surface area contributed by atoms with Crippen molar-refractivity contribution in [1.29, 1.82) is 0 Å². The number of carboxylic acid groups (broad SMARTS) is 1. The molecule has 0 radical (unpaired) electrons. The van der Waals surface area contributed by atoms with Crippen molar-refractivity contribution in [3.8, 4) is 0 Å². The van der Waals surface area contributed by atoms with Crippen molar-refractivity contribution in [1.82, 2.24) is 10.0 Å². The molecule has 7 nitrogen and oxygen atoms in total. The SMILES string of the molecule is CNS(=O)(=O)c1csc(C(=O)NCC2(C(=O)O)CCCCC2)c1. The van der Waals surface area contributed by atoms with Crippen LogP contribution in [0.15, 0.2) is 16.3 Å². The molecule has 0 spiro atoms. The van der Waals surface area contributed by atoms with Crippen LogP contribution in [0.4, 0.5) is 0 Å². The average molecular weight is 360 g/mol. The number of hydrogen-bond donors (Lipinski definition) is 3. The van der Waals surface area contributed by atoms with Gasteiger partial charge in [0.15, 0.2) is 0 Å². The molecule has 1 amide bonds. The Morgan fingerprint density at radius 3 is 2.52 bits per heavy atom. The molecule has 0 unspecified atom stereocenters. The Kier molecular flexibility index (Phi) is 5.43. The third-order valence-electron chi connectivity index (χ3n) is 4.23. The summed E-state index contributed by atoms with van der Waals surface area (Å²) in [6, 6.07) is 1.29. The van der Waals surface area contributed by atoms with Crippen molar-refractivity contribution in [2.24, 2.45) is 5.41 Å². The Hall–Kier alpha value is -1.45. The fourth-order valence-electron chi connectivity index (χ4n) is 2.73. The molecule has 0 aliphatic heterocycles. The van der Waals surface area contributed by atoms with E-state index in [9.17, 15) is 23.1 Å². The lowest BCUT2D eigenvalue weighted by molar-refractivity contribution is -0.150. The molecular formula is C14H20N2O5S2. The highest BCUT2D eigenvalue weighted by molar-refractivity contribution is 7.89. The van der Waals surface area contributed by atoms with Crippen LogP contribution >= 0.6 is 11.3 Å². The second-order valence-corrected chi connectivity index (χ2v) is 8.48. The van der Waals surface area contributed by atoms with Crippen LogP contribution in [-0.2, 0) is 14.8 Å². The maximum absolute atomic E-state index is 12.2. The number of rotatable bonds is 6. The van der Waals surface area contributed by atoms with Crippen LogP contribution in [0.2, 0.25) is 0 Å². The Balaban J connectivity index is 2.06. The number of nitrogens with one attached hydrogen (secondary N) is 2. The summed E-state index contributed by atoms with van der Waals surface area (Å²) in [5.41, 5.74) is -0.912. The van der Waals surface area contributed by atoms with Crippen LogP contribution in [0.25, 0.3) is 0 Å². The van der Waals surface area contributed by atoms with Crippen LogP contribution in [-0.4, -0.2) is 39.0 Å². The number of hydrogen-bond acceptors (Lipinski definition) is 5. The molecule has 9 heteroatoms. The molecule has 2 rings (SSSR count). The number of carboxylic acids is 1. The first-order chi connectivity index (χ1) is 10.8. The van der Waals surface area contributed by atoms with Gasteiger partial charge in [0.25, 0.3) is 5.91 Å². The van der Waals surface area contributed by atoms with Crippen LogP contribution in [0, 0.1) is 5.41 Å². The summed E-state index contributed by atoms with van der Waals surface area (Å²) in [6.45, 7) is 0.0627. The fourth-order valence-corrected chi connectivity index (χ4v) is 4.65. The minimum absolute atomic E-state index is 0.0285. The monoisotopic (exact) mass is 360 g/mol. The topological polar surface area (TPSA) is 113 Å². The van der Waals surface area contributed by atoms with Gasteiger partial charge in [-0.05, 0) is 26.0 Å². The molecule has 1 fully saturated rings. The Labute approximate surface area is 139 Å². The number of amides is 1. The molecule has 1 aromatic heterocycles. The lowest BCUT2D eigenvalue weighted by atomic mass is 9.74. The van der Waals surface area contributed by atoms with Crippen molar-refractivity contribution in [3.05, 3.63) is 16.3 Å². The first kappa shape index (κ1) is 17.9. The van der Waals surface area contributed by atoms with Gasteiger partial charge in [-0.15, -0.1) is 11.3 Å². The third-order valence-corrected chi connectivity index (χ3v) is 6.70. The van der Waals surface area contributed by atoms with E-state index in [2.05, 4.69) is 10.0 Å². The molecule has 0 saturated heterocycles. The molecule has 23 heavy (non-hydrogen) atoms. The second-order valence-electron chi connectivity index (χ2n) is 5.68. The molecule has 0 aromatic carbocycles. The molecule has 1 aliphatic rings. The molecule has 0 bridgehead atoms. The lowest BCUT2D eigenvalue weighted by Gasteiger charge is -2.33. The lowest BCUT2D eigenvalue weighted by Crippen LogP contribution is -2.44. The predicted molar refractivity (Wildman–Crippen MR) is 86.1 cm³/mol. The molecule has 1 aliphatic carbocycles. The van der Waals surface area contributed by atoms with E-state index in [1.807, 2.05) is 0 Å². The maximum Gasteiger partial charge on any atom is 0.311 e. The predicted octanol–water partition coefficient (Wildman–Crippen LogP) is 1.42. The number of sulfonamides is 1. The second kappa shape index (κ2) is 6.98. The number of carbonyl (C=O) groups excluding carboxylic acids is 1. The van der Waals surface area contributed by atoms with Gasteiger partial charge in [0, 0.05) is 11.9 Å². The van der Waals surface area contributed by atoms with E-state index in [-0.39, 0.29) is 16.3 Å². The molecule has 0 atom stereocenters. The zero-order valence-corrected chi connectivity index (χ0v) is 14.4. The molecule has 1 aromatic rings. The van der Waals surface area contributed by atoms with Crippen molar-refractivity contribution in [2.45, 2.75) is 37.0 Å². The molecule has 128 valence electrons. The largest absolute Gasteiger partial charge is 0.481 e. The standard InChI is InChI=1S/C14H20N2O5S2/c1-15-23(20,21)10-7-11(22-8-10)12(17)16-9-14(13(18)19)5-3-2-4-6-14/h7-8,15H,2-6,9H2,1H3,(H,16,17)(H,18,19). The summed E-state index contributed by atoms with van der Waals surface area (Å²) < 4.78 is 25.5. The van der Waals surface area contributed by atoms with Crippen molar-refractivity contribution < 1.29 is 23.1 Å². The van der Waals surface area contributed by atoms with E-state index in [4.69, 9.17) is 0 Å². The van der Waals surface area contributed by atoms with Crippen LogP contribution in [0.1, 0.15) is 41.8 Å². The van der Waals surface area contributed by atoms with Crippen LogP contribution in [0.3, 0.4) is 0 Å². The van der Waals surface area contributed by atoms with Gasteiger partial charge < -0.3 is 10.4 Å². The quantitative estimate of drug-likeness (QED) is 0.710. The number of aliphatic carboxylic acids is 1. The summed E-state index contributed by atoms with van der Waals surface area (Å²) in [4.78, 5) is 24.0. The van der Waals surface area contributed by atoms with Crippen LogP contribution < -0.4 is 10.0 Å². The van der Waals surface area contributed by atoms with Gasteiger partial charge in [0.2, 0.25) is 10.0 Å². The summed E-state index contributed by atoms with van der Waals surface area (Å²) in [5, 5.41) is 13.5. The fraction of sp³-hybridized carbons (Fsp3) is 0.571. The molecule has 1 heterocycles. The summed E-state index contributed by atoms with van der Waals surface area (Å²) in [7, 11) is -2.29. The summed E-state index contributed by atoms with van der Waals surface area (Å²) >= 11 is 1.02. The van der Waals surface area contributed by atoms with E-state index in [1.54, 1.807) is 0 Å². The number of thiophene rings is 1. The number of carbonyl (C=O) groups is 2. The van der Waals surface area contributed by atoms with Gasteiger partial charge in [-0.2, -0.15) is 0 Å². The van der Waals surface area contributed by atoms with Gasteiger partial charge in [0.1, 0.15) is 0 Å². The van der Waals surface area contributed by atoms with Crippen molar-refractivity contribution in [3.63, 3.8) is 0 Å². The van der Waals surface area contributed by atoms with Crippen molar-refractivity contribution >= 4 is 33.2 Å². The van der Waals surface area contributed by atoms with Gasteiger partial charge in [0.05, 0.1) is 15.2 Å². The highest BCUT2D eigenvalue weighted by atomic mass is 32.2. The minimum atomic E-state index is -3.59. The average Bonchev–Trinajstić information content (AvgIpc) is 3.04. The molecular weight excluding hydrogens is 340 g/mol. The first-order valence-corrected chi connectivity index (χ1v) is 9.71. The molecule has 1 saturated carbocycles. The van der Waals surface area contributed by atoms with E-state index in [0.717, 1.165) is 30.6 Å². The van der Waals surface area contributed by atoms with E-state index < -0.39 is 27.3 Å².